The molecule has 0 amide bonds. The molecule has 18 heavy (non-hydrogen) atoms. The summed E-state index contributed by atoms with van der Waals surface area (Å²) in [6, 6.07) is 1.91. The molecule has 0 radical (unpaired) electrons. The minimum absolute atomic E-state index is 0.219. The quantitative estimate of drug-likeness (QED) is 0.767. The third-order valence-corrected chi connectivity index (χ3v) is 8.71. The molecule has 102 valence electrons. The van der Waals surface area contributed by atoms with Crippen molar-refractivity contribution in [3.8, 4) is 5.88 Å². The van der Waals surface area contributed by atoms with Crippen molar-refractivity contribution < 1.29 is 9.16 Å². The van der Waals surface area contributed by atoms with Crippen molar-refractivity contribution in [1.82, 2.24) is 4.98 Å². The van der Waals surface area contributed by atoms with Gasteiger partial charge in [0.05, 0.1) is 13.7 Å². The molecule has 0 fully saturated rings. The van der Waals surface area contributed by atoms with E-state index in [0.717, 1.165) is 10.0 Å². The number of halogens is 1. The van der Waals surface area contributed by atoms with Crippen LogP contribution in [0.15, 0.2) is 16.7 Å². The van der Waals surface area contributed by atoms with E-state index in [1.165, 1.54) is 0 Å². The standard InChI is InChI=1S/C13H22BrNO2Si/c1-13(2,3)18(5,6)17-9-10-7-12(16-4)15-8-11(10)14/h7-8H,9H2,1-6H3. The molecule has 1 heterocycles. The van der Waals surface area contributed by atoms with Crippen molar-refractivity contribution in [2.24, 2.45) is 0 Å². The van der Waals surface area contributed by atoms with Crippen molar-refractivity contribution in [2.75, 3.05) is 7.11 Å². The van der Waals surface area contributed by atoms with Crippen LogP contribution < -0.4 is 4.74 Å². The lowest BCUT2D eigenvalue weighted by Crippen LogP contribution is -2.40. The van der Waals surface area contributed by atoms with Gasteiger partial charge in [-0.25, -0.2) is 4.98 Å². The second kappa shape index (κ2) is 5.71. The molecule has 1 aromatic rings. The molecule has 0 N–H and O–H groups in total. The molecule has 5 heteroatoms. The summed E-state index contributed by atoms with van der Waals surface area (Å²) < 4.78 is 12.3. The maximum atomic E-state index is 6.19. The van der Waals surface area contributed by atoms with Crippen molar-refractivity contribution in [3.63, 3.8) is 0 Å². The van der Waals surface area contributed by atoms with Gasteiger partial charge in [0.15, 0.2) is 8.32 Å². The average molecular weight is 332 g/mol. The summed E-state index contributed by atoms with van der Waals surface area (Å²) in [5.74, 6) is 0.618. The predicted molar refractivity (Wildman–Crippen MR) is 80.5 cm³/mol. The highest BCUT2D eigenvalue weighted by molar-refractivity contribution is 9.10. The Morgan fingerprint density at radius 3 is 2.44 bits per heavy atom. The largest absolute Gasteiger partial charge is 0.481 e. The van der Waals surface area contributed by atoms with Gasteiger partial charge in [-0.05, 0) is 39.6 Å². The maximum Gasteiger partial charge on any atom is 0.213 e. The maximum absolute atomic E-state index is 6.19. The first-order valence-corrected chi connectivity index (χ1v) is 9.70. The summed E-state index contributed by atoms with van der Waals surface area (Å²) in [5, 5.41) is 0.219. The smallest absolute Gasteiger partial charge is 0.213 e. The molecule has 0 atom stereocenters. The van der Waals surface area contributed by atoms with E-state index in [-0.39, 0.29) is 5.04 Å². The molecule has 0 aliphatic carbocycles. The van der Waals surface area contributed by atoms with Crippen LogP contribution >= 0.6 is 15.9 Å². The molecule has 0 aliphatic heterocycles. The highest BCUT2D eigenvalue weighted by Crippen LogP contribution is 2.37. The van der Waals surface area contributed by atoms with E-state index < -0.39 is 8.32 Å². The van der Waals surface area contributed by atoms with E-state index in [1.807, 2.05) is 6.07 Å². The van der Waals surface area contributed by atoms with Gasteiger partial charge in [0.2, 0.25) is 5.88 Å². The van der Waals surface area contributed by atoms with Crippen molar-refractivity contribution in [3.05, 3.63) is 22.3 Å². The van der Waals surface area contributed by atoms with Crippen LogP contribution in [0.2, 0.25) is 18.1 Å². The Hall–Kier alpha value is -0.393. The lowest BCUT2D eigenvalue weighted by Gasteiger charge is -2.36. The number of hydrogen-bond acceptors (Lipinski definition) is 3. The number of pyridine rings is 1. The molecule has 0 aromatic carbocycles. The van der Waals surface area contributed by atoms with E-state index in [2.05, 4.69) is 54.8 Å². The van der Waals surface area contributed by atoms with Gasteiger partial charge in [-0.1, -0.05) is 20.8 Å². The first-order chi connectivity index (χ1) is 8.17. The third kappa shape index (κ3) is 3.80. The Morgan fingerprint density at radius 1 is 1.33 bits per heavy atom. The Morgan fingerprint density at radius 2 is 1.94 bits per heavy atom. The van der Waals surface area contributed by atoms with E-state index in [4.69, 9.17) is 9.16 Å². The number of hydrogen-bond donors (Lipinski definition) is 0. The minimum atomic E-state index is -1.72. The van der Waals surface area contributed by atoms with Crippen LogP contribution in [0.1, 0.15) is 26.3 Å². The third-order valence-electron chi connectivity index (χ3n) is 3.51. The lowest BCUT2D eigenvalue weighted by atomic mass is 10.2. The Bertz CT molecular complexity index is 416. The second-order valence-electron chi connectivity index (χ2n) is 5.87. The van der Waals surface area contributed by atoms with Gasteiger partial charge in [0, 0.05) is 16.7 Å². The molecular formula is C13H22BrNO2Si. The predicted octanol–water partition coefficient (Wildman–Crippen LogP) is 4.37. The molecular weight excluding hydrogens is 310 g/mol. The summed E-state index contributed by atoms with van der Waals surface area (Å²) in [4.78, 5) is 4.14. The van der Waals surface area contributed by atoms with Crippen LogP contribution in [0, 0.1) is 0 Å². The normalized spacial score (nSPS) is 12.6. The zero-order valence-corrected chi connectivity index (χ0v) is 14.6. The molecule has 0 aliphatic rings. The van der Waals surface area contributed by atoms with Gasteiger partial charge in [-0.3, -0.25) is 0 Å². The van der Waals surface area contributed by atoms with Crippen molar-refractivity contribution in [2.45, 2.75) is 45.5 Å². The summed E-state index contributed by atoms with van der Waals surface area (Å²) >= 11 is 3.50. The summed E-state index contributed by atoms with van der Waals surface area (Å²) in [7, 11) is -0.100. The molecule has 1 rings (SSSR count). The van der Waals surface area contributed by atoms with Crippen molar-refractivity contribution >= 4 is 24.2 Å². The Kier molecular flexibility index (Phi) is 4.97. The second-order valence-corrected chi connectivity index (χ2v) is 11.5. The van der Waals surface area contributed by atoms with Crippen molar-refractivity contribution in [1.29, 1.82) is 0 Å². The monoisotopic (exact) mass is 331 g/mol. The SMILES string of the molecule is COc1cc(CO[Si](C)(C)C(C)(C)C)c(Br)cn1. The van der Waals surface area contributed by atoms with E-state index in [9.17, 15) is 0 Å². The first-order valence-electron chi connectivity index (χ1n) is 6.00. The summed E-state index contributed by atoms with van der Waals surface area (Å²) in [5.41, 5.74) is 1.08. The Balaban J connectivity index is 2.80. The fourth-order valence-electron chi connectivity index (χ4n) is 1.16. The zero-order valence-electron chi connectivity index (χ0n) is 12.0. The molecule has 0 bridgehead atoms. The highest BCUT2D eigenvalue weighted by Gasteiger charge is 2.37. The van der Waals surface area contributed by atoms with E-state index in [1.54, 1.807) is 13.3 Å². The fraction of sp³-hybridized carbons (Fsp3) is 0.615. The molecule has 0 saturated heterocycles. The van der Waals surface area contributed by atoms with Crippen LogP contribution in [-0.4, -0.2) is 20.4 Å². The van der Waals surface area contributed by atoms with Gasteiger partial charge < -0.3 is 9.16 Å². The first kappa shape index (κ1) is 15.7. The van der Waals surface area contributed by atoms with E-state index >= 15 is 0 Å². The number of methoxy groups -OCH3 is 1. The zero-order chi connectivity index (χ0) is 14.0. The van der Waals surface area contributed by atoms with Gasteiger partial charge >= 0.3 is 0 Å². The molecule has 0 saturated carbocycles. The van der Waals surface area contributed by atoms with Gasteiger partial charge in [0.1, 0.15) is 0 Å². The minimum Gasteiger partial charge on any atom is -0.481 e. The van der Waals surface area contributed by atoms with Gasteiger partial charge in [0.25, 0.3) is 0 Å². The van der Waals surface area contributed by atoms with Crippen LogP contribution in [0.5, 0.6) is 5.88 Å². The summed E-state index contributed by atoms with van der Waals surface area (Å²) in [6.45, 7) is 11.8. The van der Waals surface area contributed by atoms with Crippen LogP contribution in [0.25, 0.3) is 0 Å². The Labute approximate surface area is 119 Å². The van der Waals surface area contributed by atoms with Crippen LogP contribution in [0.3, 0.4) is 0 Å². The number of aromatic nitrogens is 1. The van der Waals surface area contributed by atoms with Crippen LogP contribution in [-0.2, 0) is 11.0 Å². The lowest BCUT2D eigenvalue weighted by molar-refractivity contribution is 0.274. The number of rotatable bonds is 4. The molecule has 0 unspecified atom stereocenters. The topological polar surface area (TPSA) is 31.4 Å². The van der Waals surface area contributed by atoms with Crippen LogP contribution in [0.4, 0.5) is 0 Å². The molecule has 0 spiro atoms. The van der Waals surface area contributed by atoms with Gasteiger partial charge in [-0.2, -0.15) is 0 Å². The molecule has 3 nitrogen and oxygen atoms in total. The van der Waals surface area contributed by atoms with Gasteiger partial charge in [-0.15, -0.1) is 0 Å². The fourth-order valence-corrected chi connectivity index (χ4v) is 2.44. The van der Waals surface area contributed by atoms with E-state index in [0.29, 0.717) is 12.5 Å². The number of ether oxygens (including phenoxy) is 1. The molecule has 1 aromatic heterocycles. The number of nitrogens with zero attached hydrogens (tertiary/aromatic N) is 1. The summed E-state index contributed by atoms with van der Waals surface area (Å²) in [6.07, 6.45) is 1.75. The highest BCUT2D eigenvalue weighted by atomic mass is 79.9. The average Bonchev–Trinajstić information content (AvgIpc) is 2.26.